The van der Waals surface area contributed by atoms with Crippen LogP contribution in [0, 0.1) is 0 Å². The highest BCUT2D eigenvalue weighted by atomic mass is 35.5. The van der Waals surface area contributed by atoms with E-state index in [2.05, 4.69) is 36.6 Å². The van der Waals surface area contributed by atoms with E-state index >= 15 is 0 Å². The minimum absolute atomic E-state index is 0.0161. The van der Waals surface area contributed by atoms with Gasteiger partial charge in [-0.15, -0.1) is 0 Å². The number of nitrogens with one attached hydrogen (secondary N) is 5. The number of hydrogen-bond acceptors (Lipinski definition) is 8. The van der Waals surface area contributed by atoms with Gasteiger partial charge in [0, 0.05) is 30.6 Å². The van der Waals surface area contributed by atoms with E-state index in [1.807, 2.05) is 0 Å². The highest BCUT2D eigenvalue weighted by Gasteiger charge is 2.27. The fourth-order valence-corrected chi connectivity index (χ4v) is 4.88. The van der Waals surface area contributed by atoms with E-state index in [0.717, 1.165) is 51.6 Å². The maximum Gasteiger partial charge on any atom is 0.251 e. The summed E-state index contributed by atoms with van der Waals surface area (Å²) < 4.78 is 5.53. The lowest BCUT2D eigenvalue weighted by atomic mass is 9.90. The number of aromatic nitrogens is 2. The molecule has 1 saturated carbocycles. The van der Waals surface area contributed by atoms with Crippen LogP contribution in [0.5, 0.6) is 5.75 Å². The molecule has 2 fully saturated rings. The number of hydrogen-bond donors (Lipinski definition) is 5. The molecule has 5 N–H and O–H groups in total. The molecule has 1 aromatic carbocycles. The number of carbonyl (C=O) groups excluding carboxylic acids is 2. The van der Waals surface area contributed by atoms with Gasteiger partial charge in [0.2, 0.25) is 11.9 Å². The first kappa shape index (κ1) is 26.0. The highest BCUT2D eigenvalue weighted by Crippen LogP contribution is 2.30. The molecule has 2 aromatic rings. The summed E-state index contributed by atoms with van der Waals surface area (Å²) in [6, 6.07) is 5.43. The number of halogens is 1. The molecule has 1 aliphatic carbocycles. The van der Waals surface area contributed by atoms with Crippen LogP contribution in [-0.2, 0) is 4.79 Å². The molecule has 1 aromatic heterocycles. The zero-order valence-corrected chi connectivity index (χ0v) is 21.5. The Bertz CT molecular complexity index is 1080. The van der Waals surface area contributed by atoms with Crippen molar-refractivity contribution in [3.63, 3.8) is 0 Å². The standard InChI is InChI=1S/C25H34ClN7O3/c1-15(34)29-19-5-3-4-6-20(19)31-23-18(26)14-28-25(33-23)32-21-8-7-16(13-22(21)36-2)24(35)30-17-9-11-27-12-10-17/h7-8,13-14,17,19-20,27H,3-6,9-12H2,1-2H3,(H,29,34)(H,30,35)(H2,28,31,32,33)/t19-,20-/m1/s1. The summed E-state index contributed by atoms with van der Waals surface area (Å²) in [5.41, 5.74) is 1.15. The number of benzene rings is 1. The quantitative estimate of drug-likeness (QED) is 0.362. The molecule has 0 radical (unpaired) electrons. The lowest BCUT2D eigenvalue weighted by Gasteiger charge is -2.33. The second-order valence-electron chi connectivity index (χ2n) is 9.27. The van der Waals surface area contributed by atoms with Gasteiger partial charge in [-0.2, -0.15) is 4.98 Å². The number of nitrogens with zero attached hydrogens (tertiary/aromatic N) is 2. The molecule has 194 valence electrons. The number of amides is 2. The van der Waals surface area contributed by atoms with Crippen LogP contribution in [0.4, 0.5) is 17.5 Å². The summed E-state index contributed by atoms with van der Waals surface area (Å²) in [7, 11) is 1.55. The Labute approximate surface area is 216 Å². The third-order valence-electron chi connectivity index (χ3n) is 6.61. The number of rotatable bonds is 8. The Hall–Kier alpha value is -3.11. The van der Waals surface area contributed by atoms with E-state index in [1.165, 1.54) is 13.1 Å². The van der Waals surface area contributed by atoms with Crippen LogP contribution in [0.15, 0.2) is 24.4 Å². The fourth-order valence-electron chi connectivity index (χ4n) is 4.73. The van der Waals surface area contributed by atoms with Gasteiger partial charge in [0.05, 0.1) is 19.0 Å². The Morgan fingerprint density at radius 3 is 2.56 bits per heavy atom. The van der Waals surface area contributed by atoms with Crippen molar-refractivity contribution in [3.8, 4) is 5.75 Å². The zero-order valence-electron chi connectivity index (χ0n) is 20.7. The van der Waals surface area contributed by atoms with Gasteiger partial charge < -0.3 is 31.3 Å². The number of methoxy groups -OCH3 is 1. The summed E-state index contributed by atoms with van der Waals surface area (Å²) in [5, 5.41) is 16.4. The molecule has 2 aliphatic rings. The Balaban J connectivity index is 1.46. The summed E-state index contributed by atoms with van der Waals surface area (Å²) in [6.45, 7) is 3.34. The van der Waals surface area contributed by atoms with Gasteiger partial charge >= 0.3 is 0 Å². The molecule has 2 amide bonds. The van der Waals surface area contributed by atoms with Crippen LogP contribution >= 0.6 is 11.6 Å². The van der Waals surface area contributed by atoms with Gasteiger partial charge in [-0.1, -0.05) is 24.4 Å². The summed E-state index contributed by atoms with van der Waals surface area (Å²) in [6.07, 6.45) is 7.30. The van der Waals surface area contributed by atoms with Crippen LogP contribution in [0.1, 0.15) is 55.8 Å². The van der Waals surface area contributed by atoms with E-state index < -0.39 is 0 Å². The number of piperidine rings is 1. The smallest absolute Gasteiger partial charge is 0.251 e. The number of ether oxygens (including phenoxy) is 1. The summed E-state index contributed by atoms with van der Waals surface area (Å²) >= 11 is 6.39. The van der Waals surface area contributed by atoms with Crippen LogP contribution in [-0.4, -0.2) is 60.1 Å². The van der Waals surface area contributed by atoms with Crippen molar-refractivity contribution in [1.29, 1.82) is 0 Å². The lowest BCUT2D eigenvalue weighted by molar-refractivity contribution is -0.119. The molecular formula is C25H34ClN7O3. The normalized spacial score (nSPS) is 20.3. The predicted octanol–water partition coefficient (Wildman–Crippen LogP) is 3.22. The largest absolute Gasteiger partial charge is 0.495 e. The van der Waals surface area contributed by atoms with Gasteiger partial charge in [-0.3, -0.25) is 9.59 Å². The van der Waals surface area contributed by atoms with Crippen LogP contribution in [0.2, 0.25) is 5.02 Å². The van der Waals surface area contributed by atoms with Crippen LogP contribution in [0.25, 0.3) is 0 Å². The Morgan fingerprint density at radius 1 is 1.08 bits per heavy atom. The monoisotopic (exact) mass is 515 g/mol. The average Bonchev–Trinajstić information content (AvgIpc) is 2.87. The summed E-state index contributed by atoms with van der Waals surface area (Å²) in [5.74, 6) is 1.15. The first-order valence-electron chi connectivity index (χ1n) is 12.5. The molecule has 0 spiro atoms. The molecule has 0 unspecified atom stereocenters. The van der Waals surface area contributed by atoms with Gasteiger partial charge in [0.15, 0.2) is 5.82 Å². The van der Waals surface area contributed by atoms with Crippen molar-refractivity contribution in [2.45, 2.75) is 63.6 Å². The van der Waals surface area contributed by atoms with Crippen molar-refractivity contribution >= 4 is 40.9 Å². The van der Waals surface area contributed by atoms with Crippen molar-refractivity contribution in [3.05, 3.63) is 35.0 Å². The molecule has 11 heteroatoms. The highest BCUT2D eigenvalue weighted by molar-refractivity contribution is 6.32. The topological polar surface area (TPSA) is 129 Å². The minimum atomic E-state index is -0.123. The predicted molar refractivity (Wildman–Crippen MR) is 140 cm³/mol. The molecule has 4 rings (SSSR count). The van der Waals surface area contributed by atoms with E-state index in [1.54, 1.807) is 25.3 Å². The molecular weight excluding hydrogens is 482 g/mol. The Morgan fingerprint density at radius 2 is 1.83 bits per heavy atom. The summed E-state index contributed by atoms with van der Waals surface area (Å²) in [4.78, 5) is 33.2. The molecule has 2 heterocycles. The second kappa shape index (κ2) is 12.2. The van der Waals surface area contributed by atoms with Crippen molar-refractivity contribution in [2.24, 2.45) is 0 Å². The lowest BCUT2D eigenvalue weighted by Crippen LogP contribution is -2.48. The molecule has 10 nitrogen and oxygen atoms in total. The number of carbonyl (C=O) groups is 2. The van der Waals surface area contributed by atoms with E-state index in [-0.39, 0.29) is 29.9 Å². The van der Waals surface area contributed by atoms with Gasteiger partial charge in [-0.05, 0) is 57.0 Å². The third kappa shape index (κ3) is 6.76. The van der Waals surface area contributed by atoms with Gasteiger partial charge in [0.25, 0.3) is 5.91 Å². The fraction of sp³-hybridized carbons (Fsp3) is 0.520. The first-order valence-corrected chi connectivity index (χ1v) is 12.8. The van der Waals surface area contributed by atoms with Gasteiger partial charge in [0.1, 0.15) is 10.8 Å². The van der Waals surface area contributed by atoms with E-state index in [9.17, 15) is 9.59 Å². The molecule has 1 aliphatic heterocycles. The Kier molecular flexibility index (Phi) is 8.82. The van der Waals surface area contributed by atoms with Crippen molar-refractivity contribution < 1.29 is 14.3 Å². The SMILES string of the molecule is COc1cc(C(=O)NC2CCNCC2)ccc1Nc1ncc(Cl)c(N[C@@H]2CCCC[C@H]2NC(C)=O)n1. The molecule has 0 bridgehead atoms. The molecule has 1 saturated heterocycles. The third-order valence-corrected chi connectivity index (χ3v) is 6.88. The first-order chi connectivity index (χ1) is 17.4. The molecule has 2 atom stereocenters. The van der Waals surface area contributed by atoms with E-state index in [0.29, 0.717) is 33.8 Å². The maximum atomic E-state index is 12.7. The molecule has 36 heavy (non-hydrogen) atoms. The zero-order chi connectivity index (χ0) is 25.5. The second-order valence-corrected chi connectivity index (χ2v) is 9.68. The number of anilines is 3. The van der Waals surface area contributed by atoms with Crippen LogP contribution < -0.4 is 31.3 Å². The van der Waals surface area contributed by atoms with Gasteiger partial charge in [-0.25, -0.2) is 4.98 Å². The van der Waals surface area contributed by atoms with Crippen LogP contribution in [0.3, 0.4) is 0 Å². The van der Waals surface area contributed by atoms with Crippen molar-refractivity contribution in [1.82, 2.24) is 25.9 Å². The van der Waals surface area contributed by atoms with E-state index in [4.69, 9.17) is 16.3 Å². The maximum absolute atomic E-state index is 12.7. The average molecular weight is 516 g/mol. The van der Waals surface area contributed by atoms with Crippen molar-refractivity contribution in [2.75, 3.05) is 30.8 Å². The minimum Gasteiger partial charge on any atom is -0.495 e.